The quantitative estimate of drug-likeness (QED) is 0.441. The Hall–Kier alpha value is -2.14. The number of carbonyl (C=O) groups is 1. The van der Waals surface area contributed by atoms with Crippen LogP contribution in [-0.2, 0) is 10.0 Å². The molecule has 116 valence electrons. The molecule has 0 fully saturated rings. The average Bonchev–Trinajstić information content (AvgIpc) is 2.33. The van der Waals surface area contributed by atoms with Crippen LogP contribution in [0.2, 0.25) is 0 Å². The molecule has 0 aliphatic rings. The highest BCUT2D eigenvalue weighted by atomic mass is 32.2. The average molecular weight is 323 g/mol. The van der Waals surface area contributed by atoms with Crippen molar-refractivity contribution in [3.05, 3.63) is 39.4 Å². The minimum absolute atomic E-state index is 0.0667. The van der Waals surface area contributed by atoms with Crippen molar-refractivity contribution in [3.8, 4) is 0 Å². The van der Waals surface area contributed by atoms with E-state index in [1.807, 2.05) is 0 Å². The molecule has 0 aliphatic carbocycles. The van der Waals surface area contributed by atoms with Gasteiger partial charge in [0.2, 0.25) is 15.8 Å². The Balaban J connectivity index is 2.83. The highest BCUT2D eigenvalue weighted by molar-refractivity contribution is 7.89. The van der Waals surface area contributed by atoms with Gasteiger partial charge in [-0.2, -0.15) is 4.39 Å². The molecule has 1 amide bonds. The lowest BCUT2D eigenvalue weighted by atomic mass is 10.1. The number of halogens is 2. The summed E-state index contributed by atoms with van der Waals surface area (Å²) < 4.78 is 48.4. The number of nitrogens with zero attached hydrogens (tertiary/aromatic N) is 1. The fourth-order valence-corrected chi connectivity index (χ4v) is 2.00. The third-order valence-corrected chi connectivity index (χ3v) is 3.24. The summed E-state index contributed by atoms with van der Waals surface area (Å²) >= 11 is 0. The van der Waals surface area contributed by atoms with E-state index in [1.54, 1.807) is 0 Å². The van der Waals surface area contributed by atoms with Crippen LogP contribution in [0.15, 0.2) is 12.1 Å². The zero-order chi connectivity index (χ0) is 16.2. The van der Waals surface area contributed by atoms with Crippen LogP contribution in [0.3, 0.4) is 0 Å². The number of nitro groups is 1. The number of carbonyl (C=O) groups excluding carboxylic acids is 1. The van der Waals surface area contributed by atoms with Crippen LogP contribution >= 0.6 is 0 Å². The Morgan fingerprint density at radius 2 is 2.00 bits per heavy atom. The second kappa shape index (κ2) is 6.54. The second-order valence-electron chi connectivity index (χ2n) is 3.99. The van der Waals surface area contributed by atoms with Gasteiger partial charge in [-0.25, -0.2) is 17.9 Å². The Bertz CT molecular complexity index is 678. The highest BCUT2D eigenvalue weighted by Crippen LogP contribution is 2.22. The zero-order valence-electron chi connectivity index (χ0n) is 10.5. The van der Waals surface area contributed by atoms with Crippen LogP contribution < -0.4 is 10.5 Å². The summed E-state index contributed by atoms with van der Waals surface area (Å²) in [6.45, 7) is -0.211. The Kier molecular flexibility index (Phi) is 5.27. The normalized spacial score (nSPS) is 11.2. The highest BCUT2D eigenvalue weighted by Gasteiger charge is 2.25. The fourth-order valence-electron chi connectivity index (χ4n) is 1.45. The van der Waals surface area contributed by atoms with Crippen molar-refractivity contribution in [3.63, 3.8) is 0 Å². The van der Waals surface area contributed by atoms with Gasteiger partial charge in [0.05, 0.1) is 10.7 Å². The van der Waals surface area contributed by atoms with E-state index >= 15 is 0 Å². The number of nitrogens with one attached hydrogen (secondary N) is 1. The van der Waals surface area contributed by atoms with Gasteiger partial charge in [-0.1, -0.05) is 0 Å². The molecule has 0 unspecified atom stereocenters. The van der Waals surface area contributed by atoms with Gasteiger partial charge in [0.15, 0.2) is 0 Å². The molecule has 0 saturated carbocycles. The molecule has 11 heteroatoms. The van der Waals surface area contributed by atoms with Crippen molar-refractivity contribution in [1.82, 2.24) is 5.32 Å². The molecule has 1 aromatic carbocycles. The van der Waals surface area contributed by atoms with E-state index in [0.29, 0.717) is 12.1 Å². The molecule has 0 aliphatic heterocycles. The number of hydrogen-bond donors (Lipinski definition) is 2. The van der Waals surface area contributed by atoms with E-state index in [2.05, 4.69) is 5.32 Å². The first-order chi connectivity index (χ1) is 9.63. The van der Waals surface area contributed by atoms with E-state index in [-0.39, 0.29) is 13.0 Å². The molecule has 0 atom stereocenters. The van der Waals surface area contributed by atoms with E-state index < -0.39 is 49.5 Å². The van der Waals surface area contributed by atoms with Crippen molar-refractivity contribution >= 4 is 21.6 Å². The molecular formula is C10H11F2N3O5S. The first-order valence-electron chi connectivity index (χ1n) is 5.54. The lowest BCUT2D eigenvalue weighted by Gasteiger charge is -2.07. The lowest BCUT2D eigenvalue weighted by Crippen LogP contribution is -2.29. The molecule has 0 heterocycles. The SMILES string of the molecule is NS(=O)(=O)CCCNC(=O)c1c(F)ccc([N+](=O)[O-])c1F. The zero-order valence-corrected chi connectivity index (χ0v) is 11.3. The smallest absolute Gasteiger partial charge is 0.305 e. The predicted octanol–water partition coefficient (Wildman–Crippen LogP) is 0.281. The minimum Gasteiger partial charge on any atom is -0.352 e. The molecule has 21 heavy (non-hydrogen) atoms. The molecule has 0 saturated heterocycles. The standard InChI is InChI=1S/C10H11F2N3O5S/c11-6-2-3-7(15(17)18)9(12)8(6)10(16)14-4-1-5-21(13,19)20/h2-3H,1,4-5H2,(H,14,16)(H2,13,19,20). The number of nitro benzene ring substituents is 1. The van der Waals surface area contributed by atoms with Gasteiger partial charge in [0.25, 0.3) is 5.91 Å². The van der Waals surface area contributed by atoms with Crippen molar-refractivity contribution in [2.24, 2.45) is 5.14 Å². The topological polar surface area (TPSA) is 132 Å². The summed E-state index contributed by atoms with van der Waals surface area (Å²) in [6, 6.07) is 1.20. The minimum atomic E-state index is -3.71. The number of nitrogens with two attached hydrogens (primary N) is 1. The number of rotatable bonds is 6. The van der Waals surface area contributed by atoms with Gasteiger partial charge in [0, 0.05) is 12.6 Å². The number of benzene rings is 1. The van der Waals surface area contributed by atoms with E-state index in [1.165, 1.54) is 0 Å². The van der Waals surface area contributed by atoms with Gasteiger partial charge in [0.1, 0.15) is 11.4 Å². The van der Waals surface area contributed by atoms with Crippen LogP contribution in [-0.4, -0.2) is 31.5 Å². The first-order valence-corrected chi connectivity index (χ1v) is 7.26. The molecule has 8 nitrogen and oxygen atoms in total. The van der Waals surface area contributed by atoms with E-state index in [0.717, 1.165) is 0 Å². The van der Waals surface area contributed by atoms with Crippen molar-refractivity contribution in [1.29, 1.82) is 0 Å². The van der Waals surface area contributed by atoms with Crippen LogP contribution in [0.1, 0.15) is 16.8 Å². The molecule has 3 N–H and O–H groups in total. The maximum atomic E-state index is 13.7. The maximum absolute atomic E-state index is 13.7. The Labute approximate surface area is 118 Å². The number of hydrogen-bond acceptors (Lipinski definition) is 5. The van der Waals surface area contributed by atoms with Crippen LogP contribution in [0.5, 0.6) is 0 Å². The molecule has 1 rings (SSSR count). The van der Waals surface area contributed by atoms with Gasteiger partial charge in [-0.3, -0.25) is 14.9 Å². The van der Waals surface area contributed by atoms with E-state index in [4.69, 9.17) is 5.14 Å². The monoisotopic (exact) mass is 323 g/mol. The van der Waals surface area contributed by atoms with Gasteiger partial charge in [-0.15, -0.1) is 0 Å². The third-order valence-electron chi connectivity index (χ3n) is 2.39. The second-order valence-corrected chi connectivity index (χ2v) is 5.72. The summed E-state index contributed by atoms with van der Waals surface area (Å²) in [4.78, 5) is 21.0. The van der Waals surface area contributed by atoms with Crippen LogP contribution in [0.25, 0.3) is 0 Å². The third kappa shape index (κ3) is 4.72. The molecule has 1 aromatic rings. The number of sulfonamides is 1. The van der Waals surface area contributed by atoms with Crippen molar-refractivity contribution in [2.75, 3.05) is 12.3 Å². The molecule has 0 spiro atoms. The summed E-state index contributed by atoms with van der Waals surface area (Å²) in [5, 5.41) is 17.3. The number of amides is 1. The summed E-state index contributed by atoms with van der Waals surface area (Å²) in [5.74, 6) is -4.50. The molecular weight excluding hydrogens is 312 g/mol. The molecule has 0 bridgehead atoms. The fraction of sp³-hybridized carbons (Fsp3) is 0.300. The number of primary sulfonamides is 1. The summed E-state index contributed by atoms with van der Waals surface area (Å²) in [6.07, 6.45) is -0.0667. The Morgan fingerprint density at radius 1 is 1.38 bits per heavy atom. The first kappa shape index (κ1) is 16.9. The summed E-state index contributed by atoms with van der Waals surface area (Å²) in [7, 11) is -3.71. The van der Waals surface area contributed by atoms with Crippen molar-refractivity contribution < 1.29 is 26.9 Å². The largest absolute Gasteiger partial charge is 0.352 e. The van der Waals surface area contributed by atoms with Crippen molar-refractivity contribution in [2.45, 2.75) is 6.42 Å². The van der Waals surface area contributed by atoms with Gasteiger partial charge in [-0.05, 0) is 12.5 Å². The van der Waals surface area contributed by atoms with Gasteiger partial charge < -0.3 is 5.32 Å². The lowest BCUT2D eigenvalue weighted by molar-refractivity contribution is -0.387. The van der Waals surface area contributed by atoms with Crippen LogP contribution in [0, 0.1) is 21.7 Å². The molecule has 0 radical (unpaired) electrons. The Morgan fingerprint density at radius 3 is 2.52 bits per heavy atom. The van der Waals surface area contributed by atoms with E-state index in [9.17, 15) is 32.1 Å². The van der Waals surface area contributed by atoms with Crippen LogP contribution in [0.4, 0.5) is 14.5 Å². The maximum Gasteiger partial charge on any atom is 0.305 e. The summed E-state index contributed by atoms with van der Waals surface area (Å²) in [5.41, 5.74) is -2.13. The molecule has 0 aromatic heterocycles. The van der Waals surface area contributed by atoms with Gasteiger partial charge >= 0.3 is 5.69 Å². The predicted molar refractivity (Wildman–Crippen MR) is 67.9 cm³/mol.